The second-order valence-corrected chi connectivity index (χ2v) is 7.05. The minimum atomic E-state index is -2.95. The molecule has 1 aromatic heterocycles. The van der Waals surface area contributed by atoms with Crippen molar-refractivity contribution >= 4 is 25.8 Å². The summed E-state index contributed by atoms with van der Waals surface area (Å²) >= 11 is 3.37. The summed E-state index contributed by atoms with van der Waals surface area (Å²) < 4.78 is 28.4. The van der Waals surface area contributed by atoms with E-state index < -0.39 is 9.84 Å². The largest absolute Gasteiger partial charge is 0.466 e. The first-order chi connectivity index (χ1) is 7.29. The summed E-state index contributed by atoms with van der Waals surface area (Å²) in [6.45, 7) is 3.77. The Morgan fingerprint density at radius 2 is 2.12 bits per heavy atom. The van der Waals surface area contributed by atoms with Gasteiger partial charge in [0, 0.05) is 12.3 Å². The van der Waals surface area contributed by atoms with Crippen LogP contribution in [0.2, 0.25) is 0 Å². The van der Waals surface area contributed by atoms with Crippen molar-refractivity contribution in [3.8, 4) is 0 Å². The summed E-state index contributed by atoms with van der Waals surface area (Å²) in [6, 6.07) is 1.68. The predicted octanol–water partition coefficient (Wildman–Crippen LogP) is 2.13. The van der Waals surface area contributed by atoms with Crippen LogP contribution in [0.5, 0.6) is 0 Å². The van der Waals surface area contributed by atoms with Crippen LogP contribution >= 0.6 is 15.9 Å². The van der Waals surface area contributed by atoms with Crippen molar-refractivity contribution in [1.29, 1.82) is 0 Å². The van der Waals surface area contributed by atoms with Gasteiger partial charge in [-0.05, 0) is 35.8 Å². The Morgan fingerprint density at radius 1 is 1.50 bits per heavy atom. The second kappa shape index (κ2) is 5.33. The van der Waals surface area contributed by atoms with Crippen LogP contribution in [0.15, 0.2) is 21.2 Å². The molecule has 1 N–H and O–H groups in total. The van der Waals surface area contributed by atoms with E-state index >= 15 is 0 Å². The first-order valence-corrected chi connectivity index (χ1v) is 7.81. The zero-order valence-corrected chi connectivity index (χ0v) is 11.9. The molecule has 0 fully saturated rings. The average Bonchev–Trinajstić information content (AvgIpc) is 2.47. The zero-order valence-electron chi connectivity index (χ0n) is 9.53. The number of furan rings is 1. The van der Waals surface area contributed by atoms with Gasteiger partial charge in [-0.3, -0.25) is 0 Å². The third kappa shape index (κ3) is 4.27. The van der Waals surface area contributed by atoms with Crippen LogP contribution in [-0.4, -0.2) is 26.5 Å². The molecule has 1 heterocycles. The van der Waals surface area contributed by atoms with Gasteiger partial charge in [-0.25, -0.2) is 8.42 Å². The van der Waals surface area contributed by atoms with Crippen LogP contribution in [0.4, 0.5) is 0 Å². The molecular weight excluding hydrogens is 294 g/mol. The minimum absolute atomic E-state index is 0.0267. The SMILES string of the molecule is CC(CS(C)(=O)=O)NC(C)c1occc1Br. The maximum atomic E-state index is 11.1. The molecule has 0 aliphatic rings. The molecule has 0 saturated heterocycles. The van der Waals surface area contributed by atoms with E-state index in [9.17, 15) is 8.42 Å². The molecule has 16 heavy (non-hydrogen) atoms. The second-order valence-electron chi connectivity index (χ2n) is 4.01. The van der Waals surface area contributed by atoms with Gasteiger partial charge in [0.2, 0.25) is 0 Å². The predicted molar refractivity (Wildman–Crippen MR) is 67.1 cm³/mol. The van der Waals surface area contributed by atoms with Gasteiger partial charge in [-0.2, -0.15) is 0 Å². The molecule has 0 aliphatic carbocycles. The molecule has 0 aromatic carbocycles. The van der Waals surface area contributed by atoms with Gasteiger partial charge < -0.3 is 9.73 Å². The molecule has 2 atom stereocenters. The van der Waals surface area contributed by atoms with Gasteiger partial charge in [0.05, 0.1) is 22.5 Å². The van der Waals surface area contributed by atoms with Crippen LogP contribution < -0.4 is 5.32 Å². The van der Waals surface area contributed by atoms with E-state index in [1.165, 1.54) is 6.26 Å². The maximum absolute atomic E-state index is 11.1. The molecule has 0 saturated carbocycles. The van der Waals surface area contributed by atoms with Crippen LogP contribution in [0.25, 0.3) is 0 Å². The number of halogens is 1. The van der Waals surface area contributed by atoms with E-state index in [0.717, 1.165) is 10.2 Å². The summed E-state index contributed by atoms with van der Waals surface area (Å²) in [6.07, 6.45) is 2.83. The number of nitrogens with one attached hydrogen (secondary N) is 1. The maximum Gasteiger partial charge on any atom is 0.148 e. The standard InChI is InChI=1S/C10H16BrNO3S/c1-7(6-16(3,13)14)12-8(2)10-9(11)4-5-15-10/h4-5,7-8,12H,6H2,1-3H3. The first kappa shape index (κ1) is 13.7. The zero-order chi connectivity index (χ0) is 12.3. The van der Waals surface area contributed by atoms with Crippen LogP contribution in [0.1, 0.15) is 25.6 Å². The molecule has 4 nitrogen and oxygen atoms in total. The van der Waals surface area contributed by atoms with E-state index in [2.05, 4.69) is 21.2 Å². The van der Waals surface area contributed by atoms with Crippen molar-refractivity contribution in [3.05, 3.63) is 22.6 Å². The van der Waals surface area contributed by atoms with Crippen molar-refractivity contribution in [2.24, 2.45) is 0 Å². The van der Waals surface area contributed by atoms with Gasteiger partial charge in [0.25, 0.3) is 0 Å². The number of sulfone groups is 1. The summed E-state index contributed by atoms with van der Waals surface area (Å²) in [5.41, 5.74) is 0. The molecule has 0 radical (unpaired) electrons. The Bertz CT molecular complexity index is 441. The van der Waals surface area contributed by atoms with E-state index in [4.69, 9.17) is 4.42 Å². The highest BCUT2D eigenvalue weighted by atomic mass is 79.9. The van der Waals surface area contributed by atoms with Crippen molar-refractivity contribution < 1.29 is 12.8 Å². The molecule has 1 rings (SSSR count). The number of hydrogen-bond acceptors (Lipinski definition) is 4. The molecule has 1 aromatic rings. The summed E-state index contributed by atoms with van der Waals surface area (Å²) in [7, 11) is -2.95. The smallest absolute Gasteiger partial charge is 0.148 e. The normalized spacial score (nSPS) is 16.0. The Balaban J connectivity index is 2.59. The summed E-state index contributed by atoms with van der Waals surface area (Å²) in [5, 5.41) is 3.18. The van der Waals surface area contributed by atoms with Crippen LogP contribution in [0, 0.1) is 0 Å². The van der Waals surface area contributed by atoms with Crippen LogP contribution in [-0.2, 0) is 9.84 Å². The summed E-state index contributed by atoms with van der Waals surface area (Å²) in [4.78, 5) is 0. The molecule has 0 aliphatic heterocycles. The molecule has 2 unspecified atom stereocenters. The average molecular weight is 310 g/mol. The number of hydrogen-bond donors (Lipinski definition) is 1. The fourth-order valence-corrected chi connectivity index (χ4v) is 3.17. The lowest BCUT2D eigenvalue weighted by molar-refractivity contribution is 0.406. The lowest BCUT2D eigenvalue weighted by Crippen LogP contribution is -2.34. The highest BCUT2D eigenvalue weighted by Gasteiger charge is 2.17. The highest BCUT2D eigenvalue weighted by Crippen LogP contribution is 2.24. The van der Waals surface area contributed by atoms with E-state index in [0.29, 0.717) is 0 Å². The van der Waals surface area contributed by atoms with E-state index in [1.807, 2.05) is 19.9 Å². The Hall–Kier alpha value is -0.330. The Morgan fingerprint density at radius 3 is 2.56 bits per heavy atom. The van der Waals surface area contributed by atoms with Gasteiger partial charge in [-0.1, -0.05) is 0 Å². The molecule has 0 spiro atoms. The Labute approximate surface area is 104 Å². The molecule has 0 amide bonds. The van der Waals surface area contributed by atoms with Crippen molar-refractivity contribution in [1.82, 2.24) is 5.32 Å². The fourth-order valence-electron chi connectivity index (χ4n) is 1.62. The molecule has 6 heteroatoms. The lowest BCUT2D eigenvalue weighted by Gasteiger charge is -2.18. The van der Waals surface area contributed by atoms with Gasteiger partial charge in [0.15, 0.2) is 0 Å². The van der Waals surface area contributed by atoms with Gasteiger partial charge in [0.1, 0.15) is 15.6 Å². The third-order valence-corrected chi connectivity index (χ3v) is 3.89. The minimum Gasteiger partial charge on any atom is -0.466 e. The highest BCUT2D eigenvalue weighted by molar-refractivity contribution is 9.10. The van der Waals surface area contributed by atoms with Gasteiger partial charge in [-0.15, -0.1) is 0 Å². The molecule has 92 valence electrons. The quantitative estimate of drug-likeness (QED) is 0.905. The van der Waals surface area contributed by atoms with E-state index in [-0.39, 0.29) is 17.8 Å². The Kier molecular flexibility index (Phi) is 4.58. The third-order valence-electron chi connectivity index (χ3n) is 2.13. The van der Waals surface area contributed by atoms with Crippen LogP contribution in [0.3, 0.4) is 0 Å². The van der Waals surface area contributed by atoms with E-state index in [1.54, 1.807) is 6.26 Å². The monoisotopic (exact) mass is 309 g/mol. The molecule has 0 bridgehead atoms. The van der Waals surface area contributed by atoms with Gasteiger partial charge >= 0.3 is 0 Å². The van der Waals surface area contributed by atoms with Crippen molar-refractivity contribution in [3.63, 3.8) is 0 Å². The van der Waals surface area contributed by atoms with Crippen molar-refractivity contribution in [2.45, 2.75) is 25.9 Å². The molecular formula is C10H16BrNO3S. The topological polar surface area (TPSA) is 59.3 Å². The van der Waals surface area contributed by atoms with Crippen molar-refractivity contribution in [2.75, 3.05) is 12.0 Å². The first-order valence-electron chi connectivity index (χ1n) is 4.96. The number of rotatable bonds is 5. The lowest BCUT2D eigenvalue weighted by atomic mass is 10.2. The summed E-state index contributed by atoms with van der Waals surface area (Å²) in [5.74, 6) is 0.899. The fraction of sp³-hybridized carbons (Fsp3) is 0.600.